The van der Waals surface area contributed by atoms with Crippen molar-refractivity contribution < 1.29 is 4.79 Å². The van der Waals surface area contributed by atoms with E-state index in [0.717, 1.165) is 11.3 Å². The van der Waals surface area contributed by atoms with Gasteiger partial charge in [-0.15, -0.1) is 6.58 Å². The first kappa shape index (κ1) is 12.5. The Kier molecular flexibility index (Phi) is 3.29. The molecular formula is C16H15N3O. The Labute approximate surface area is 117 Å². The third-order valence-electron chi connectivity index (χ3n) is 3.47. The van der Waals surface area contributed by atoms with Crippen molar-refractivity contribution in [1.29, 1.82) is 0 Å². The van der Waals surface area contributed by atoms with Gasteiger partial charge in [-0.2, -0.15) is 0 Å². The molecule has 100 valence electrons. The molecule has 0 radical (unpaired) electrons. The first-order valence-corrected chi connectivity index (χ1v) is 6.58. The summed E-state index contributed by atoms with van der Waals surface area (Å²) in [4.78, 5) is 22.3. The molecule has 0 bridgehead atoms. The second kappa shape index (κ2) is 5.25. The molecule has 0 N–H and O–H groups in total. The van der Waals surface area contributed by atoms with Gasteiger partial charge in [0.1, 0.15) is 0 Å². The predicted octanol–water partition coefficient (Wildman–Crippen LogP) is 2.68. The van der Waals surface area contributed by atoms with Crippen LogP contribution in [0.3, 0.4) is 0 Å². The Morgan fingerprint density at radius 3 is 2.60 bits per heavy atom. The number of benzene rings is 1. The van der Waals surface area contributed by atoms with Crippen molar-refractivity contribution in [2.24, 2.45) is 5.92 Å². The second-order valence-corrected chi connectivity index (χ2v) is 4.83. The number of rotatable bonds is 3. The Balaban J connectivity index is 1.83. The molecule has 0 spiro atoms. The number of carbonyl (C=O) groups is 1. The highest BCUT2D eigenvalue weighted by atomic mass is 16.2. The van der Waals surface area contributed by atoms with Crippen LogP contribution < -0.4 is 4.90 Å². The van der Waals surface area contributed by atoms with E-state index in [4.69, 9.17) is 0 Å². The standard InChI is InChI=1S/C16H15N3O/c1-2-12-8-16(20)19(11-12)15-10-17-14(9-18-15)13-6-4-3-5-7-13/h2-7,9-10,12H,1,8,11H2. The molecule has 1 aromatic carbocycles. The van der Waals surface area contributed by atoms with Gasteiger partial charge in [-0.3, -0.25) is 14.7 Å². The smallest absolute Gasteiger partial charge is 0.228 e. The molecule has 1 aliphatic rings. The molecule has 1 amide bonds. The van der Waals surface area contributed by atoms with Crippen molar-refractivity contribution in [2.45, 2.75) is 6.42 Å². The molecule has 1 fully saturated rings. The van der Waals surface area contributed by atoms with Gasteiger partial charge in [0.15, 0.2) is 5.82 Å². The summed E-state index contributed by atoms with van der Waals surface area (Å²) in [7, 11) is 0. The number of aromatic nitrogens is 2. The highest BCUT2D eigenvalue weighted by molar-refractivity contribution is 5.95. The number of hydrogen-bond donors (Lipinski definition) is 0. The average Bonchev–Trinajstić information content (AvgIpc) is 2.89. The predicted molar refractivity (Wildman–Crippen MR) is 78.1 cm³/mol. The summed E-state index contributed by atoms with van der Waals surface area (Å²) in [6.07, 6.45) is 5.69. The summed E-state index contributed by atoms with van der Waals surface area (Å²) in [5.41, 5.74) is 1.82. The van der Waals surface area contributed by atoms with Gasteiger partial charge in [0.25, 0.3) is 0 Å². The maximum Gasteiger partial charge on any atom is 0.228 e. The Morgan fingerprint density at radius 1 is 1.20 bits per heavy atom. The number of anilines is 1. The molecule has 0 saturated carbocycles. The fourth-order valence-corrected chi connectivity index (χ4v) is 2.33. The van der Waals surface area contributed by atoms with E-state index in [0.29, 0.717) is 18.8 Å². The highest BCUT2D eigenvalue weighted by Crippen LogP contribution is 2.24. The molecule has 2 aromatic rings. The van der Waals surface area contributed by atoms with E-state index in [1.807, 2.05) is 36.4 Å². The van der Waals surface area contributed by atoms with Crippen molar-refractivity contribution in [1.82, 2.24) is 9.97 Å². The first-order valence-electron chi connectivity index (χ1n) is 6.58. The minimum Gasteiger partial charge on any atom is -0.295 e. The average molecular weight is 265 g/mol. The maximum absolute atomic E-state index is 11.9. The van der Waals surface area contributed by atoms with Crippen LogP contribution in [0.4, 0.5) is 5.82 Å². The zero-order valence-electron chi connectivity index (χ0n) is 11.1. The van der Waals surface area contributed by atoms with Crippen molar-refractivity contribution in [2.75, 3.05) is 11.4 Å². The van der Waals surface area contributed by atoms with Gasteiger partial charge in [-0.25, -0.2) is 4.98 Å². The third kappa shape index (κ3) is 2.32. The van der Waals surface area contributed by atoms with Crippen LogP contribution in [-0.2, 0) is 4.79 Å². The third-order valence-corrected chi connectivity index (χ3v) is 3.47. The summed E-state index contributed by atoms with van der Waals surface area (Å²) >= 11 is 0. The van der Waals surface area contributed by atoms with Gasteiger partial charge in [-0.05, 0) is 0 Å². The fourth-order valence-electron chi connectivity index (χ4n) is 2.33. The number of amides is 1. The van der Waals surface area contributed by atoms with E-state index in [2.05, 4.69) is 16.5 Å². The van der Waals surface area contributed by atoms with Gasteiger partial charge in [0.2, 0.25) is 5.91 Å². The molecule has 3 rings (SSSR count). The van der Waals surface area contributed by atoms with E-state index < -0.39 is 0 Å². The van der Waals surface area contributed by atoms with Crippen LogP contribution in [0, 0.1) is 5.92 Å². The monoisotopic (exact) mass is 265 g/mol. The van der Waals surface area contributed by atoms with Crippen molar-refractivity contribution in [3.8, 4) is 11.3 Å². The molecule has 2 heterocycles. The van der Waals surface area contributed by atoms with Crippen LogP contribution in [0.1, 0.15) is 6.42 Å². The highest BCUT2D eigenvalue weighted by Gasteiger charge is 2.29. The molecule has 4 nitrogen and oxygen atoms in total. The maximum atomic E-state index is 11.9. The van der Waals surface area contributed by atoms with Gasteiger partial charge in [0.05, 0.1) is 18.1 Å². The summed E-state index contributed by atoms with van der Waals surface area (Å²) in [6, 6.07) is 9.85. The van der Waals surface area contributed by atoms with Crippen LogP contribution in [0.5, 0.6) is 0 Å². The fraction of sp³-hybridized carbons (Fsp3) is 0.188. The lowest BCUT2D eigenvalue weighted by Crippen LogP contribution is -2.25. The Morgan fingerprint density at radius 2 is 2.00 bits per heavy atom. The normalized spacial score (nSPS) is 18.3. The molecular weight excluding hydrogens is 250 g/mol. The molecule has 1 saturated heterocycles. The van der Waals surface area contributed by atoms with E-state index in [-0.39, 0.29) is 11.8 Å². The summed E-state index contributed by atoms with van der Waals surface area (Å²) in [5, 5.41) is 0. The molecule has 1 atom stereocenters. The zero-order valence-corrected chi connectivity index (χ0v) is 11.1. The quantitative estimate of drug-likeness (QED) is 0.801. The minimum atomic E-state index is 0.0802. The zero-order chi connectivity index (χ0) is 13.9. The molecule has 1 unspecified atom stereocenters. The van der Waals surface area contributed by atoms with Crippen molar-refractivity contribution >= 4 is 11.7 Å². The van der Waals surface area contributed by atoms with Crippen LogP contribution in [-0.4, -0.2) is 22.4 Å². The summed E-state index contributed by atoms with van der Waals surface area (Å²) in [5.74, 6) is 0.897. The van der Waals surface area contributed by atoms with Crippen molar-refractivity contribution in [3.63, 3.8) is 0 Å². The van der Waals surface area contributed by atoms with Gasteiger partial charge >= 0.3 is 0 Å². The lowest BCUT2D eigenvalue weighted by molar-refractivity contribution is -0.117. The van der Waals surface area contributed by atoms with Gasteiger partial charge in [0, 0.05) is 24.4 Å². The SMILES string of the molecule is C=CC1CC(=O)N(c2cnc(-c3ccccc3)cn2)C1. The van der Waals surface area contributed by atoms with E-state index in [1.54, 1.807) is 17.3 Å². The van der Waals surface area contributed by atoms with Crippen LogP contribution in [0.15, 0.2) is 55.4 Å². The largest absolute Gasteiger partial charge is 0.295 e. The minimum absolute atomic E-state index is 0.0802. The van der Waals surface area contributed by atoms with E-state index >= 15 is 0 Å². The molecule has 0 aliphatic carbocycles. The van der Waals surface area contributed by atoms with Crippen LogP contribution >= 0.6 is 0 Å². The topological polar surface area (TPSA) is 46.1 Å². The first-order chi connectivity index (χ1) is 9.78. The number of carbonyl (C=O) groups excluding carboxylic acids is 1. The Hall–Kier alpha value is -2.49. The van der Waals surface area contributed by atoms with E-state index in [9.17, 15) is 4.79 Å². The van der Waals surface area contributed by atoms with Crippen molar-refractivity contribution in [3.05, 3.63) is 55.4 Å². The molecule has 1 aliphatic heterocycles. The molecule has 4 heteroatoms. The second-order valence-electron chi connectivity index (χ2n) is 4.83. The van der Waals surface area contributed by atoms with Gasteiger partial charge in [-0.1, -0.05) is 36.4 Å². The molecule has 20 heavy (non-hydrogen) atoms. The van der Waals surface area contributed by atoms with Crippen LogP contribution in [0.25, 0.3) is 11.3 Å². The lowest BCUT2D eigenvalue weighted by Gasteiger charge is -2.14. The number of hydrogen-bond acceptors (Lipinski definition) is 3. The summed E-state index contributed by atoms with van der Waals surface area (Å²) < 4.78 is 0. The lowest BCUT2D eigenvalue weighted by atomic mass is 10.1. The molecule has 1 aromatic heterocycles. The van der Waals surface area contributed by atoms with Crippen LogP contribution in [0.2, 0.25) is 0 Å². The Bertz CT molecular complexity index is 622. The van der Waals surface area contributed by atoms with Gasteiger partial charge < -0.3 is 0 Å². The van der Waals surface area contributed by atoms with E-state index in [1.165, 1.54) is 0 Å². The summed E-state index contributed by atoms with van der Waals surface area (Å²) in [6.45, 7) is 4.38. The number of nitrogens with zero attached hydrogens (tertiary/aromatic N) is 3.